The minimum absolute atomic E-state index is 0.137. The zero-order valence-electron chi connectivity index (χ0n) is 14.4. The highest BCUT2D eigenvalue weighted by Gasteiger charge is 2.19. The summed E-state index contributed by atoms with van der Waals surface area (Å²) in [4.78, 5) is 12.4. The maximum atomic E-state index is 12.4. The van der Waals surface area contributed by atoms with Crippen molar-refractivity contribution in [3.8, 4) is 17.2 Å². The summed E-state index contributed by atoms with van der Waals surface area (Å²) in [5, 5.41) is 2.92. The molecule has 3 rings (SSSR count). The summed E-state index contributed by atoms with van der Waals surface area (Å²) >= 11 is 0. The highest BCUT2D eigenvalue weighted by molar-refractivity contribution is 5.99. The molecule has 0 saturated heterocycles. The van der Waals surface area contributed by atoms with Crippen LogP contribution in [0.1, 0.15) is 18.1 Å². The molecule has 0 atom stereocenters. The average molecular weight is 339 g/mol. The van der Waals surface area contributed by atoms with Crippen molar-refractivity contribution in [2.24, 2.45) is 0 Å². The van der Waals surface area contributed by atoms with E-state index in [2.05, 4.69) is 5.32 Å². The van der Waals surface area contributed by atoms with Gasteiger partial charge in [-0.1, -0.05) is 24.3 Å². The minimum Gasteiger partial charge on any atom is -0.494 e. The molecule has 130 valence electrons. The Bertz CT molecular complexity index is 781. The summed E-state index contributed by atoms with van der Waals surface area (Å²) in [6, 6.07) is 13.3. The van der Waals surface area contributed by atoms with Gasteiger partial charge in [-0.15, -0.1) is 0 Å². The molecule has 0 aliphatic carbocycles. The van der Waals surface area contributed by atoms with E-state index >= 15 is 0 Å². The zero-order chi connectivity index (χ0) is 17.6. The smallest absolute Gasteiger partial charge is 0.250 e. The quantitative estimate of drug-likeness (QED) is 0.878. The SMILES string of the molecule is CCOc1ccc(CNC(=O)C2=Cc3cccc(OC)c3OC2)cc1. The second-order valence-electron chi connectivity index (χ2n) is 5.60. The molecule has 0 unspecified atom stereocenters. The van der Waals surface area contributed by atoms with Crippen LogP contribution in [0.4, 0.5) is 0 Å². The second-order valence-corrected chi connectivity index (χ2v) is 5.60. The Morgan fingerprint density at radius 2 is 2.00 bits per heavy atom. The van der Waals surface area contributed by atoms with Gasteiger partial charge >= 0.3 is 0 Å². The first-order chi connectivity index (χ1) is 12.2. The molecule has 2 aromatic carbocycles. The lowest BCUT2D eigenvalue weighted by atomic mass is 10.1. The van der Waals surface area contributed by atoms with Crippen molar-refractivity contribution in [2.45, 2.75) is 13.5 Å². The van der Waals surface area contributed by atoms with Crippen molar-refractivity contribution < 1.29 is 19.0 Å². The van der Waals surface area contributed by atoms with E-state index in [9.17, 15) is 4.79 Å². The van der Waals surface area contributed by atoms with E-state index in [1.54, 1.807) is 7.11 Å². The largest absolute Gasteiger partial charge is 0.494 e. The molecule has 0 bridgehead atoms. The summed E-state index contributed by atoms with van der Waals surface area (Å²) in [5.74, 6) is 2.03. The number of rotatable bonds is 6. The molecule has 0 spiro atoms. The second kappa shape index (κ2) is 7.75. The van der Waals surface area contributed by atoms with E-state index in [-0.39, 0.29) is 12.5 Å². The summed E-state index contributed by atoms with van der Waals surface area (Å²) in [6.45, 7) is 3.26. The van der Waals surface area contributed by atoms with Crippen molar-refractivity contribution >= 4 is 12.0 Å². The van der Waals surface area contributed by atoms with Crippen LogP contribution in [0.5, 0.6) is 17.2 Å². The first-order valence-corrected chi connectivity index (χ1v) is 8.21. The lowest BCUT2D eigenvalue weighted by Crippen LogP contribution is -2.28. The molecule has 1 aliphatic rings. The first kappa shape index (κ1) is 16.9. The van der Waals surface area contributed by atoms with Gasteiger partial charge in [-0.05, 0) is 36.8 Å². The van der Waals surface area contributed by atoms with Crippen LogP contribution in [0.15, 0.2) is 48.0 Å². The van der Waals surface area contributed by atoms with Crippen LogP contribution in [0.25, 0.3) is 6.08 Å². The molecule has 5 heteroatoms. The predicted molar refractivity (Wildman–Crippen MR) is 95.9 cm³/mol. The van der Waals surface area contributed by atoms with E-state index in [0.717, 1.165) is 16.9 Å². The Morgan fingerprint density at radius 3 is 2.72 bits per heavy atom. The molecule has 25 heavy (non-hydrogen) atoms. The topological polar surface area (TPSA) is 56.8 Å². The summed E-state index contributed by atoms with van der Waals surface area (Å²) < 4.78 is 16.4. The predicted octanol–water partition coefficient (Wildman–Crippen LogP) is 3.19. The number of carbonyl (C=O) groups is 1. The zero-order valence-corrected chi connectivity index (χ0v) is 14.4. The normalized spacial score (nSPS) is 12.5. The maximum absolute atomic E-state index is 12.4. The molecule has 0 radical (unpaired) electrons. The molecule has 1 heterocycles. The van der Waals surface area contributed by atoms with Gasteiger partial charge in [0, 0.05) is 12.1 Å². The van der Waals surface area contributed by atoms with Crippen molar-refractivity contribution in [2.75, 3.05) is 20.3 Å². The fraction of sp³-hybridized carbons (Fsp3) is 0.250. The molecule has 1 N–H and O–H groups in total. The fourth-order valence-electron chi connectivity index (χ4n) is 2.64. The Morgan fingerprint density at radius 1 is 1.20 bits per heavy atom. The third kappa shape index (κ3) is 3.94. The fourth-order valence-corrected chi connectivity index (χ4v) is 2.64. The number of nitrogens with one attached hydrogen (secondary N) is 1. The number of carbonyl (C=O) groups excluding carboxylic acids is 1. The Labute approximate surface area is 147 Å². The highest BCUT2D eigenvalue weighted by atomic mass is 16.5. The first-order valence-electron chi connectivity index (χ1n) is 8.21. The van der Waals surface area contributed by atoms with Gasteiger partial charge in [0.25, 0.3) is 5.91 Å². The van der Waals surface area contributed by atoms with Crippen LogP contribution >= 0.6 is 0 Å². The van der Waals surface area contributed by atoms with Crippen LogP contribution in [0, 0.1) is 0 Å². The number of amides is 1. The van der Waals surface area contributed by atoms with Crippen molar-refractivity contribution in [3.05, 3.63) is 59.2 Å². The van der Waals surface area contributed by atoms with Crippen LogP contribution in [0.3, 0.4) is 0 Å². The molecular weight excluding hydrogens is 318 g/mol. The van der Waals surface area contributed by atoms with Crippen LogP contribution in [0.2, 0.25) is 0 Å². The van der Waals surface area contributed by atoms with E-state index < -0.39 is 0 Å². The van der Waals surface area contributed by atoms with Gasteiger partial charge in [0.1, 0.15) is 12.4 Å². The Hall–Kier alpha value is -2.95. The summed E-state index contributed by atoms with van der Waals surface area (Å²) in [7, 11) is 1.60. The lowest BCUT2D eigenvalue weighted by molar-refractivity contribution is -0.117. The summed E-state index contributed by atoms with van der Waals surface area (Å²) in [6.07, 6.45) is 1.84. The average Bonchev–Trinajstić information content (AvgIpc) is 2.66. The van der Waals surface area contributed by atoms with E-state index in [1.807, 2.05) is 55.5 Å². The number of methoxy groups -OCH3 is 1. The van der Waals surface area contributed by atoms with Crippen molar-refractivity contribution in [3.63, 3.8) is 0 Å². The van der Waals surface area contributed by atoms with Gasteiger partial charge in [0.15, 0.2) is 11.5 Å². The molecule has 5 nitrogen and oxygen atoms in total. The minimum atomic E-state index is -0.137. The monoisotopic (exact) mass is 339 g/mol. The van der Waals surface area contributed by atoms with Crippen molar-refractivity contribution in [1.29, 1.82) is 0 Å². The summed E-state index contributed by atoms with van der Waals surface area (Å²) in [5.41, 5.74) is 2.44. The molecule has 1 aliphatic heterocycles. The van der Waals surface area contributed by atoms with E-state index in [1.165, 1.54) is 0 Å². The molecule has 2 aromatic rings. The van der Waals surface area contributed by atoms with Gasteiger partial charge in [-0.3, -0.25) is 4.79 Å². The number of ether oxygens (including phenoxy) is 3. The van der Waals surface area contributed by atoms with Gasteiger partial charge in [0.05, 0.1) is 19.3 Å². The molecular formula is C20H21NO4. The van der Waals surface area contributed by atoms with Crippen LogP contribution in [-0.4, -0.2) is 26.2 Å². The maximum Gasteiger partial charge on any atom is 0.250 e. The van der Waals surface area contributed by atoms with E-state index in [4.69, 9.17) is 14.2 Å². The number of hydrogen-bond donors (Lipinski definition) is 1. The third-order valence-electron chi connectivity index (χ3n) is 3.91. The Kier molecular flexibility index (Phi) is 5.23. The third-order valence-corrected chi connectivity index (χ3v) is 3.91. The molecule has 0 aromatic heterocycles. The highest BCUT2D eigenvalue weighted by Crippen LogP contribution is 2.35. The number of para-hydroxylation sites is 1. The van der Waals surface area contributed by atoms with Gasteiger partial charge in [0.2, 0.25) is 0 Å². The lowest BCUT2D eigenvalue weighted by Gasteiger charge is -2.19. The van der Waals surface area contributed by atoms with E-state index in [0.29, 0.717) is 30.2 Å². The number of benzene rings is 2. The number of hydrogen-bond acceptors (Lipinski definition) is 4. The van der Waals surface area contributed by atoms with Crippen LogP contribution < -0.4 is 19.5 Å². The van der Waals surface area contributed by atoms with Crippen molar-refractivity contribution in [1.82, 2.24) is 5.32 Å². The molecule has 1 amide bonds. The molecule has 0 fully saturated rings. The van der Waals surface area contributed by atoms with Gasteiger partial charge < -0.3 is 19.5 Å². The standard InChI is InChI=1S/C20H21NO4/c1-3-24-17-9-7-14(8-10-17)12-21-20(22)16-11-15-5-4-6-18(23-2)19(15)25-13-16/h4-11H,3,12-13H2,1-2H3,(H,21,22). The van der Waals surface area contributed by atoms with Crippen LogP contribution in [-0.2, 0) is 11.3 Å². The van der Waals surface area contributed by atoms with Gasteiger partial charge in [-0.2, -0.15) is 0 Å². The number of fused-ring (bicyclic) bond motifs is 1. The Balaban J connectivity index is 1.64. The van der Waals surface area contributed by atoms with Gasteiger partial charge in [-0.25, -0.2) is 0 Å². The molecule has 0 saturated carbocycles.